The van der Waals surface area contributed by atoms with E-state index in [0.29, 0.717) is 24.3 Å². The Hall–Kier alpha value is -8.17. The molecule has 8 rings (SSSR count). The lowest BCUT2D eigenvalue weighted by molar-refractivity contribution is -0.148. The fraction of sp³-hybridized carbons (Fsp3) is 0.500. The number of aliphatic hydroxyl groups is 1. The third-order valence-electron chi connectivity index (χ3n) is 18.2. The normalized spacial score (nSPS) is 20.6. The van der Waals surface area contributed by atoms with Crippen molar-refractivity contribution in [2.24, 2.45) is 10.9 Å². The number of carboxylic acids is 3. The SMILES string of the molecule is CCCc1cc2c(cc1C)C(c1ccccc1C(=O)N(C)CCCC(=O)N1CCCC1C(=O)NC(CCCSSCCC(=O)NCC#Cc1cn([C@H]3CC(O)[C@@H](COP(=O)(O)OP(=O)(O)OP(=O)(O)O)O3)c3ncnc(N)c13)C(=O)NC(CC(=O)O)C(=O)NC(CC(=O)O)C(=O)O)C1C=C(C)C(=NCC)C=C1C2. The first-order valence-electron chi connectivity index (χ1n) is 34.6. The van der Waals surface area contributed by atoms with E-state index < -0.39 is 127 Å². The fourth-order valence-corrected chi connectivity index (χ4v) is 18.3. The number of carbonyl (C=O) groups excluding carboxylic acids is 6. The van der Waals surface area contributed by atoms with Gasteiger partial charge in [0.2, 0.25) is 29.5 Å². The van der Waals surface area contributed by atoms with Gasteiger partial charge in [-0.3, -0.25) is 47.9 Å². The van der Waals surface area contributed by atoms with E-state index in [0.717, 1.165) is 42.4 Å². The second-order valence-corrected chi connectivity index (χ2v) is 33.2. The summed E-state index contributed by atoms with van der Waals surface area (Å²) >= 11 is 0. The molecule has 108 heavy (non-hydrogen) atoms. The highest BCUT2D eigenvalue weighted by Crippen LogP contribution is 2.66. The number of nitrogens with one attached hydrogen (secondary N) is 4. The number of carbonyl (C=O) groups is 9. The summed E-state index contributed by atoms with van der Waals surface area (Å²) in [4.78, 5) is 172. The highest BCUT2D eigenvalue weighted by Gasteiger charge is 2.45. The number of phosphoric acid groups is 3. The van der Waals surface area contributed by atoms with Crippen LogP contribution in [0.15, 0.2) is 77.2 Å². The third kappa shape index (κ3) is 23.4. The molecule has 0 radical (unpaired) electrons. The molecule has 0 bridgehead atoms. The van der Waals surface area contributed by atoms with Crippen molar-refractivity contribution < 1.29 is 115 Å². The summed E-state index contributed by atoms with van der Waals surface area (Å²) in [5.74, 6) is -2.97. The van der Waals surface area contributed by atoms with Gasteiger partial charge in [-0.1, -0.05) is 88.8 Å². The predicted octanol–water partition coefficient (Wildman–Crippen LogP) is 4.97. The number of aromatic nitrogens is 3. The van der Waals surface area contributed by atoms with Gasteiger partial charge in [-0.05, 0) is 111 Å². The molecule has 9 unspecified atom stereocenters. The molecule has 2 aromatic carbocycles. The van der Waals surface area contributed by atoms with Crippen molar-refractivity contribution in [3.8, 4) is 11.8 Å². The number of benzene rings is 2. The Bertz CT molecular complexity index is 4390. The number of aryl methyl sites for hydroxylation is 2. The highest BCUT2D eigenvalue weighted by atomic mass is 33.1. The van der Waals surface area contributed by atoms with Crippen LogP contribution in [0.25, 0.3) is 11.0 Å². The van der Waals surface area contributed by atoms with Crippen LogP contribution in [-0.4, -0.2) is 211 Å². The minimum Gasteiger partial charge on any atom is -0.481 e. The summed E-state index contributed by atoms with van der Waals surface area (Å²) in [5.41, 5.74) is 16.2. The van der Waals surface area contributed by atoms with E-state index in [1.54, 1.807) is 11.9 Å². The molecular weight excluding hydrogens is 1510 g/mol. The topological polar surface area (TPSA) is 527 Å². The van der Waals surface area contributed by atoms with Crippen molar-refractivity contribution in [1.82, 2.24) is 45.6 Å². The maximum atomic E-state index is 14.7. The van der Waals surface area contributed by atoms with E-state index in [2.05, 4.69) is 96.0 Å². The number of nitrogen functional groups attached to an aromatic ring is 1. The zero-order chi connectivity index (χ0) is 78.9. The first-order chi connectivity index (χ1) is 51.1. The van der Waals surface area contributed by atoms with Crippen molar-refractivity contribution >= 4 is 121 Å². The molecule has 2 aliphatic heterocycles. The van der Waals surface area contributed by atoms with Crippen molar-refractivity contribution in [2.75, 3.05) is 57.1 Å². The molecule has 4 heterocycles. The van der Waals surface area contributed by atoms with Gasteiger partial charge in [-0.15, -0.1) is 0 Å². The number of aliphatic imine (C=N–C) groups is 1. The molecule has 40 heteroatoms. The van der Waals surface area contributed by atoms with Gasteiger partial charge in [0.05, 0.1) is 48.8 Å². The smallest absolute Gasteiger partial charge is 0.481 e. The first-order valence-corrected chi connectivity index (χ1v) is 41.6. The summed E-state index contributed by atoms with van der Waals surface area (Å²) in [6.07, 6.45) is 4.55. The summed E-state index contributed by atoms with van der Waals surface area (Å²) in [7, 11) is -12.7. The molecule has 35 nitrogen and oxygen atoms in total. The van der Waals surface area contributed by atoms with Gasteiger partial charge in [0.15, 0.2) is 0 Å². The zero-order valence-electron chi connectivity index (χ0n) is 59.6. The Morgan fingerprint density at radius 3 is 2.28 bits per heavy atom. The van der Waals surface area contributed by atoms with Gasteiger partial charge >= 0.3 is 41.4 Å². The number of amides is 6. The lowest BCUT2D eigenvalue weighted by Gasteiger charge is -2.38. The molecule has 4 aromatic rings. The fourth-order valence-electron chi connectivity index (χ4n) is 13.2. The molecule has 4 aliphatic rings. The van der Waals surface area contributed by atoms with Gasteiger partial charge in [0.1, 0.15) is 54.3 Å². The molecule has 2 fully saturated rings. The number of carboxylic acid groups (broad SMARTS) is 3. The zero-order valence-corrected chi connectivity index (χ0v) is 64.0. The minimum absolute atomic E-state index is 0.00560. The predicted molar refractivity (Wildman–Crippen MR) is 394 cm³/mol. The Morgan fingerprint density at radius 1 is 0.870 bits per heavy atom. The van der Waals surface area contributed by atoms with E-state index >= 15 is 0 Å². The van der Waals surface area contributed by atoms with Crippen LogP contribution < -0.4 is 27.0 Å². The van der Waals surface area contributed by atoms with Crippen LogP contribution in [0, 0.1) is 24.7 Å². The Labute approximate surface area is 628 Å². The number of aliphatic carboxylic acids is 3. The van der Waals surface area contributed by atoms with E-state index in [1.165, 1.54) is 65.1 Å². The second kappa shape index (κ2) is 38.5. The number of likely N-dealkylation sites (tertiary alicyclic amines) is 1. The lowest BCUT2D eigenvalue weighted by Crippen LogP contribution is -2.58. The third-order valence-corrected chi connectivity index (χ3v) is 24.5. The molecule has 586 valence electrons. The van der Waals surface area contributed by atoms with Gasteiger partial charge in [0, 0.05) is 81.0 Å². The van der Waals surface area contributed by atoms with Gasteiger partial charge in [0.25, 0.3) is 5.91 Å². The molecule has 6 amide bonds. The summed E-state index contributed by atoms with van der Waals surface area (Å²) in [6, 6.07) is 5.77. The summed E-state index contributed by atoms with van der Waals surface area (Å²) < 4.78 is 54.4. The molecule has 2 aliphatic carbocycles. The van der Waals surface area contributed by atoms with Crippen LogP contribution >= 0.6 is 45.1 Å². The van der Waals surface area contributed by atoms with Gasteiger partial charge in [-0.25, -0.2) is 28.5 Å². The van der Waals surface area contributed by atoms with Crippen LogP contribution in [0.4, 0.5) is 5.82 Å². The van der Waals surface area contributed by atoms with E-state index in [1.807, 2.05) is 36.5 Å². The maximum Gasteiger partial charge on any atom is 0.490 e. The Balaban J connectivity index is 0.859. The van der Waals surface area contributed by atoms with Crippen LogP contribution in [0.5, 0.6) is 0 Å². The molecular formula is C68H88N11O24P3S2. The quantitative estimate of drug-likeness (QED) is 0.0123. The monoisotopic (exact) mass is 1600 g/mol. The van der Waals surface area contributed by atoms with E-state index in [4.69, 9.17) is 25.2 Å². The number of nitrogens with two attached hydrogens (primary N) is 1. The number of ether oxygens (including phenoxy) is 1. The van der Waals surface area contributed by atoms with Gasteiger partial charge in [-0.2, -0.15) is 8.62 Å². The number of rotatable bonds is 37. The molecule has 0 spiro atoms. The standard InChI is InChI=1S/C68H88N11O24P3S2/c1-6-14-40-29-42-30-43-31-49(70-7-2)39(4)28-47(43)61(46(42)27-38(40)3)44-16-8-9-17-45(44)67(90)77(5)23-12-20-56(82)78-24-11-19-52(78)66(89)74-48(64(87)75-50(32-58(83)84)65(88)76-51(68(91)92)33-59(85)86)18-13-25-107-108-26-21-55(81)71-22-10-15-41-35-79(63-60(41)62(69)72-37-73-63)57-34-53(80)54(101-57)36-100-105(96,97)103-106(98,99)102-104(93,94)95/h8-9,16-17,27-29,31,35,37,47-48,50-54,57,61,80H,6-7,11-14,18-26,30,32-34,36H2,1-5H3,(H,71,81)(H,74,89)(H,75,87)(H,76,88)(H,83,84)(H,85,86)(H,91,92)(H,96,97)(H,98,99)(H2,69,72,73)(H2,93,94,95)/t47?,48?,50?,51?,52?,53?,54-,57-,61?/m1/s1. The highest BCUT2D eigenvalue weighted by molar-refractivity contribution is 8.76. The van der Waals surface area contributed by atoms with Crippen molar-refractivity contribution in [3.63, 3.8) is 0 Å². The van der Waals surface area contributed by atoms with Crippen LogP contribution in [0.3, 0.4) is 0 Å². The number of phosphoric ester groups is 1. The van der Waals surface area contributed by atoms with Crippen molar-refractivity contribution in [2.45, 2.75) is 160 Å². The molecule has 0 saturated carbocycles. The largest absolute Gasteiger partial charge is 0.490 e. The summed E-state index contributed by atoms with van der Waals surface area (Å²) in [6.45, 7) is 8.31. The number of hydrogen-bond donors (Lipinski definition) is 13. The average molecular weight is 1600 g/mol. The number of hydrogen-bond acceptors (Lipinski definition) is 23. The molecule has 14 N–H and O–H groups in total. The maximum absolute atomic E-state index is 14.7. The van der Waals surface area contributed by atoms with Gasteiger partial charge < -0.3 is 86.1 Å². The van der Waals surface area contributed by atoms with E-state index in [-0.39, 0.29) is 116 Å². The number of anilines is 1. The summed E-state index contributed by atoms with van der Waals surface area (Å²) in [5, 5.41) is 49.2. The Kier molecular flexibility index (Phi) is 30.4. The number of allylic oxidation sites excluding steroid dienone is 4. The lowest BCUT2D eigenvalue weighted by atomic mass is 9.65. The number of aliphatic hydroxyl groups excluding tert-OH is 1. The molecule has 2 saturated heterocycles. The molecule has 11 atom stereocenters. The van der Waals surface area contributed by atoms with Crippen LogP contribution in [0.2, 0.25) is 0 Å². The minimum atomic E-state index is -5.82. The van der Waals surface area contributed by atoms with Crippen molar-refractivity contribution in [3.05, 3.63) is 111 Å². The number of nitrogens with zero attached hydrogens (tertiary/aromatic N) is 6. The second-order valence-electron chi connectivity index (χ2n) is 26.1. The van der Waals surface area contributed by atoms with Crippen LogP contribution in [-0.2, 0) is 82.8 Å². The average Bonchev–Trinajstić information content (AvgIpc) is 0.884. The first kappa shape index (κ1) is 85.4. The molecule has 2 aromatic heterocycles. The number of fused-ring (bicyclic) bond motifs is 3. The van der Waals surface area contributed by atoms with Crippen molar-refractivity contribution in [1.29, 1.82) is 0 Å². The van der Waals surface area contributed by atoms with E-state index in [9.17, 15) is 87.1 Å². The Morgan fingerprint density at radius 2 is 1.57 bits per heavy atom. The van der Waals surface area contributed by atoms with Crippen LogP contribution in [0.1, 0.15) is 147 Å².